The molecule has 0 bridgehead atoms. The fourth-order valence-electron chi connectivity index (χ4n) is 4.80. The van der Waals surface area contributed by atoms with Crippen LogP contribution in [-0.2, 0) is 14.3 Å². The number of ether oxygens (including phenoxy) is 1. The molecular formula is C40H77ClO4. The minimum atomic E-state index is -0.662. The highest BCUT2D eigenvalue weighted by Gasteiger charge is 2.15. The van der Waals surface area contributed by atoms with Gasteiger partial charge in [0.2, 0.25) is 0 Å². The van der Waals surface area contributed by atoms with E-state index in [0.29, 0.717) is 12.8 Å². The molecule has 0 rings (SSSR count). The van der Waals surface area contributed by atoms with Crippen LogP contribution in [0.3, 0.4) is 0 Å². The summed E-state index contributed by atoms with van der Waals surface area (Å²) in [6.45, 7) is 9.58. The first-order valence-electron chi connectivity index (χ1n) is 17.5. The molecule has 0 aromatic heterocycles. The molecule has 0 saturated carbocycles. The van der Waals surface area contributed by atoms with Gasteiger partial charge in [0.15, 0.2) is 0 Å². The summed E-state index contributed by atoms with van der Waals surface area (Å²) < 4.78 is 5.30. The average Bonchev–Trinajstić information content (AvgIpc) is 2.92. The van der Waals surface area contributed by atoms with Crippen molar-refractivity contribution in [2.75, 3.05) is 0 Å². The number of esters is 1. The lowest BCUT2D eigenvalue weighted by atomic mass is 10.0. The number of rotatable bonds is 26. The molecule has 0 amide bonds. The van der Waals surface area contributed by atoms with Gasteiger partial charge in [0.05, 0.1) is 0 Å². The van der Waals surface area contributed by atoms with Gasteiger partial charge in [-0.2, -0.15) is 0 Å². The zero-order valence-corrected chi connectivity index (χ0v) is 29.8. The van der Waals surface area contributed by atoms with Gasteiger partial charge in [-0.3, -0.25) is 9.59 Å². The molecule has 0 aromatic rings. The van der Waals surface area contributed by atoms with Crippen molar-refractivity contribution in [3.05, 3.63) is 0 Å². The van der Waals surface area contributed by atoms with Gasteiger partial charge in [-0.15, -0.1) is 36.1 Å². The van der Waals surface area contributed by atoms with Crippen LogP contribution in [0.25, 0.3) is 0 Å². The van der Waals surface area contributed by atoms with Crippen LogP contribution in [0.15, 0.2) is 0 Å². The van der Waals surface area contributed by atoms with E-state index >= 15 is 0 Å². The largest absolute Gasteiger partial charge is 0.481 e. The van der Waals surface area contributed by atoms with E-state index in [4.69, 9.17) is 9.84 Å². The van der Waals surface area contributed by atoms with Gasteiger partial charge in [0.1, 0.15) is 5.60 Å². The summed E-state index contributed by atoms with van der Waals surface area (Å²) in [5, 5.41) is 8.50. The molecule has 0 radical (unpaired) electrons. The van der Waals surface area contributed by atoms with Gasteiger partial charge < -0.3 is 9.84 Å². The van der Waals surface area contributed by atoms with Gasteiger partial charge in [-0.25, -0.2) is 0 Å². The Labute approximate surface area is 288 Å². The van der Waals surface area contributed by atoms with Crippen LogP contribution in [0.5, 0.6) is 0 Å². The molecule has 0 heterocycles. The summed E-state index contributed by atoms with van der Waals surface area (Å²) in [6, 6.07) is 0. The van der Waals surface area contributed by atoms with E-state index in [1.54, 1.807) is 0 Å². The highest BCUT2D eigenvalue weighted by Crippen LogP contribution is 2.15. The number of halogens is 1. The summed E-state index contributed by atoms with van der Waals surface area (Å²) in [5.74, 6) is 11.4. The molecule has 0 aliphatic carbocycles. The van der Waals surface area contributed by atoms with Crippen LogP contribution in [0.1, 0.15) is 216 Å². The molecule has 0 saturated heterocycles. The highest BCUT2D eigenvalue weighted by atomic mass is 35.5. The number of unbranched alkanes of at least 4 members (excludes halogenated alkanes) is 22. The zero-order chi connectivity index (χ0) is 31.6. The molecular weight excluding hydrogens is 580 g/mol. The van der Waals surface area contributed by atoms with Crippen molar-refractivity contribution < 1.29 is 19.4 Å². The Bertz CT molecular complexity index is 733. The maximum Gasteiger partial charge on any atom is 0.306 e. The van der Waals surface area contributed by atoms with Gasteiger partial charge in [0, 0.05) is 25.7 Å². The van der Waals surface area contributed by atoms with Gasteiger partial charge >= 0.3 is 11.9 Å². The summed E-state index contributed by atoms with van der Waals surface area (Å²) in [6.07, 6.45) is 30.8. The summed E-state index contributed by atoms with van der Waals surface area (Å²) in [4.78, 5) is 21.9. The van der Waals surface area contributed by atoms with Crippen molar-refractivity contribution >= 4 is 24.3 Å². The van der Waals surface area contributed by atoms with Crippen LogP contribution >= 0.6 is 12.4 Å². The second kappa shape index (κ2) is 42.3. The van der Waals surface area contributed by atoms with Crippen molar-refractivity contribution in [3.8, 4) is 23.7 Å². The highest BCUT2D eigenvalue weighted by molar-refractivity contribution is 5.85. The molecule has 4 nitrogen and oxygen atoms in total. The molecule has 0 fully saturated rings. The first kappa shape index (κ1) is 52.9. The van der Waals surface area contributed by atoms with E-state index in [1.807, 2.05) is 34.6 Å². The van der Waals surface area contributed by atoms with Gasteiger partial charge in [-0.1, -0.05) is 130 Å². The maximum atomic E-state index is 11.5. The van der Waals surface area contributed by atoms with E-state index in [1.165, 1.54) is 116 Å². The Balaban J connectivity index is -0.000000226. The lowest BCUT2D eigenvalue weighted by molar-refractivity contribution is -0.155. The number of carboxylic acid groups (broad SMARTS) is 1. The Morgan fingerprint density at radius 1 is 0.511 bits per heavy atom. The maximum absolute atomic E-state index is 11.5. The molecule has 0 atom stereocenters. The Morgan fingerprint density at radius 2 is 0.778 bits per heavy atom. The van der Waals surface area contributed by atoms with E-state index in [0.717, 1.165) is 38.5 Å². The van der Waals surface area contributed by atoms with Gasteiger partial charge in [0.25, 0.3) is 0 Å². The molecule has 0 unspecified atom stereocenters. The van der Waals surface area contributed by atoms with Crippen LogP contribution in [0.4, 0.5) is 0 Å². The molecule has 0 aromatic carbocycles. The average molecular weight is 658 g/mol. The lowest BCUT2D eigenvalue weighted by Crippen LogP contribution is -2.23. The number of carbonyl (C=O) groups is 2. The van der Waals surface area contributed by atoms with Crippen molar-refractivity contribution in [2.45, 2.75) is 222 Å². The summed E-state index contributed by atoms with van der Waals surface area (Å²) in [5.41, 5.74) is -0.347. The molecule has 0 aliphatic rings. The fourth-order valence-corrected chi connectivity index (χ4v) is 4.80. The molecule has 268 valence electrons. The predicted octanol–water partition coefficient (Wildman–Crippen LogP) is 13.3. The summed E-state index contributed by atoms with van der Waals surface area (Å²) >= 11 is 0. The Hall–Kier alpha value is -1.65. The fraction of sp³-hybridized carbons (Fsp3) is 0.850. The van der Waals surface area contributed by atoms with E-state index in [-0.39, 0.29) is 38.8 Å². The third-order valence-corrected chi connectivity index (χ3v) is 7.15. The van der Waals surface area contributed by atoms with Crippen LogP contribution in [-0.4, -0.2) is 22.6 Å². The smallest absolute Gasteiger partial charge is 0.306 e. The van der Waals surface area contributed by atoms with Crippen LogP contribution < -0.4 is 0 Å². The van der Waals surface area contributed by atoms with Gasteiger partial charge in [-0.05, 0) is 60.3 Å². The number of hydrogen-bond donors (Lipinski definition) is 1. The first-order valence-corrected chi connectivity index (χ1v) is 17.5. The third kappa shape index (κ3) is 55.2. The molecule has 1 N–H and O–H groups in total. The second-order valence-corrected chi connectivity index (χ2v) is 12.6. The topological polar surface area (TPSA) is 63.6 Å². The normalized spacial score (nSPS) is 9.80. The number of hydrogen-bond acceptors (Lipinski definition) is 3. The quantitative estimate of drug-likeness (QED) is 0.0571. The molecule has 45 heavy (non-hydrogen) atoms. The second-order valence-electron chi connectivity index (χ2n) is 12.6. The molecule has 0 aliphatic heterocycles. The van der Waals surface area contributed by atoms with Crippen molar-refractivity contribution in [3.63, 3.8) is 0 Å². The van der Waals surface area contributed by atoms with Crippen molar-refractivity contribution in [1.82, 2.24) is 0 Å². The first-order chi connectivity index (χ1) is 20.2. The minimum absolute atomic E-state index is 0. The number of carbonyl (C=O) groups excluding carboxylic acids is 1. The Morgan fingerprint density at radius 3 is 1.04 bits per heavy atom. The standard InChI is InChI=1S/C21H38O2.C17H30O2.2CH4.ClH/c1-5-6-7-8-9-10-11-12-13-14-15-16-17-18-19-20(22)23-21(2,3)4;1-2-3-4-5-6-7-8-9-10-11-12-13-14-15-16-17(18)19;;;/h7-19H2,1-4H3;4-16H2,1H3,(H,18,19);2*1H4;1H. The molecule has 5 heteroatoms. The molecule has 0 spiro atoms. The van der Waals surface area contributed by atoms with E-state index in [2.05, 4.69) is 23.7 Å². The predicted molar refractivity (Wildman–Crippen MR) is 201 cm³/mol. The number of aliphatic carboxylic acids is 1. The Kier molecular flexibility index (Phi) is 49.8. The SMILES string of the molecule is C.C.CC#CCCCCCCCCCCCCCC(=O)O.CC#CCCCCCCCCCCCCCC(=O)OC(C)(C)C.Cl. The van der Waals surface area contributed by atoms with E-state index < -0.39 is 5.97 Å². The van der Waals surface area contributed by atoms with Crippen LogP contribution in [0.2, 0.25) is 0 Å². The monoisotopic (exact) mass is 657 g/mol. The number of carboxylic acids is 1. The zero-order valence-electron chi connectivity index (χ0n) is 29.0. The van der Waals surface area contributed by atoms with Crippen molar-refractivity contribution in [2.24, 2.45) is 0 Å². The minimum Gasteiger partial charge on any atom is -0.481 e. The van der Waals surface area contributed by atoms with E-state index in [9.17, 15) is 9.59 Å². The van der Waals surface area contributed by atoms with Crippen LogP contribution in [0, 0.1) is 23.7 Å². The lowest BCUT2D eigenvalue weighted by Gasteiger charge is -2.19. The van der Waals surface area contributed by atoms with Crippen molar-refractivity contribution in [1.29, 1.82) is 0 Å². The third-order valence-electron chi connectivity index (χ3n) is 7.15. The summed E-state index contributed by atoms with van der Waals surface area (Å²) in [7, 11) is 0.